The standard InChI is InChI=1S/C23H31N3O3/c1-2-29-21-11-6-5-10-20(21)25-16-14-24(15-17-25)12-7-13-26-22(27)18-8-3-4-9-19(18)23(26)28/h3-6,10-11,18-19H,2,7-9,12-17H2,1H3. The molecule has 4 rings (SSSR count). The fourth-order valence-corrected chi connectivity index (χ4v) is 4.75. The number of amides is 2. The van der Waals surface area contributed by atoms with Gasteiger partial charge in [0.1, 0.15) is 5.75 Å². The molecule has 0 N–H and O–H groups in total. The summed E-state index contributed by atoms with van der Waals surface area (Å²) in [5.41, 5.74) is 1.17. The Morgan fingerprint density at radius 2 is 1.59 bits per heavy atom. The Morgan fingerprint density at radius 1 is 0.931 bits per heavy atom. The summed E-state index contributed by atoms with van der Waals surface area (Å²) in [6.45, 7) is 8.04. The Bertz CT molecular complexity index is 744. The highest BCUT2D eigenvalue weighted by Gasteiger charge is 2.46. The molecule has 2 saturated heterocycles. The number of likely N-dealkylation sites (tertiary alicyclic amines) is 1. The minimum Gasteiger partial charge on any atom is -0.492 e. The van der Waals surface area contributed by atoms with Crippen LogP contribution in [0.2, 0.25) is 0 Å². The van der Waals surface area contributed by atoms with Crippen LogP contribution in [0.25, 0.3) is 0 Å². The molecule has 29 heavy (non-hydrogen) atoms. The number of carbonyl (C=O) groups is 2. The molecule has 1 aromatic carbocycles. The van der Waals surface area contributed by atoms with Crippen molar-refractivity contribution in [3.63, 3.8) is 0 Å². The molecule has 2 fully saturated rings. The number of benzene rings is 1. The lowest BCUT2D eigenvalue weighted by Crippen LogP contribution is -2.47. The van der Waals surface area contributed by atoms with E-state index in [2.05, 4.69) is 21.9 Å². The predicted octanol–water partition coefficient (Wildman–Crippen LogP) is 2.55. The van der Waals surface area contributed by atoms with Gasteiger partial charge in [0.15, 0.2) is 0 Å². The average molecular weight is 398 g/mol. The number of piperazine rings is 1. The number of nitrogens with zero attached hydrogens (tertiary/aromatic N) is 3. The molecule has 0 saturated carbocycles. The van der Waals surface area contributed by atoms with E-state index in [0.29, 0.717) is 13.2 Å². The van der Waals surface area contributed by atoms with Gasteiger partial charge in [-0.2, -0.15) is 0 Å². The molecule has 0 spiro atoms. The van der Waals surface area contributed by atoms with Crippen molar-refractivity contribution in [2.75, 3.05) is 50.8 Å². The van der Waals surface area contributed by atoms with Crippen molar-refractivity contribution in [2.45, 2.75) is 26.2 Å². The molecule has 2 aliphatic heterocycles. The largest absolute Gasteiger partial charge is 0.492 e. The third-order valence-electron chi connectivity index (χ3n) is 6.33. The minimum absolute atomic E-state index is 0.0432. The van der Waals surface area contributed by atoms with Gasteiger partial charge in [0, 0.05) is 32.7 Å². The van der Waals surface area contributed by atoms with Crippen LogP contribution in [0.1, 0.15) is 26.2 Å². The van der Waals surface area contributed by atoms with Gasteiger partial charge in [-0.15, -0.1) is 0 Å². The van der Waals surface area contributed by atoms with Crippen LogP contribution in [-0.4, -0.2) is 67.5 Å². The van der Waals surface area contributed by atoms with Crippen LogP contribution in [0.4, 0.5) is 5.69 Å². The van der Waals surface area contributed by atoms with Crippen LogP contribution in [-0.2, 0) is 9.59 Å². The quantitative estimate of drug-likeness (QED) is 0.523. The lowest BCUT2D eigenvalue weighted by atomic mass is 9.85. The van der Waals surface area contributed by atoms with Gasteiger partial charge in [-0.25, -0.2) is 0 Å². The molecule has 0 aromatic heterocycles. The van der Waals surface area contributed by atoms with E-state index in [9.17, 15) is 9.59 Å². The molecule has 2 heterocycles. The topological polar surface area (TPSA) is 53.1 Å². The second-order valence-electron chi connectivity index (χ2n) is 8.07. The average Bonchev–Trinajstić information content (AvgIpc) is 3.00. The van der Waals surface area contributed by atoms with Gasteiger partial charge >= 0.3 is 0 Å². The summed E-state index contributed by atoms with van der Waals surface area (Å²) in [5, 5.41) is 0. The van der Waals surface area contributed by atoms with Crippen molar-refractivity contribution in [2.24, 2.45) is 11.8 Å². The summed E-state index contributed by atoms with van der Waals surface area (Å²) in [6.07, 6.45) is 6.37. The molecule has 156 valence electrons. The van der Waals surface area contributed by atoms with Crippen LogP contribution < -0.4 is 9.64 Å². The Balaban J connectivity index is 1.24. The molecule has 1 aliphatic carbocycles. The van der Waals surface area contributed by atoms with Crippen LogP contribution in [0, 0.1) is 11.8 Å². The van der Waals surface area contributed by atoms with Gasteiger partial charge in [0.2, 0.25) is 11.8 Å². The second kappa shape index (κ2) is 8.99. The molecule has 6 nitrogen and oxygen atoms in total. The van der Waals surface area contributed by atoms with Crippen molar-refractivity contribution in [1.82, 2.24) is 9.80 Å². The van der Waals surface area contributed by atoms with Gasteiger partial charge in [0.05, 0.1) is 24.1 Å². The first kappa shape index (κ1) is 20.0. The van der Waals surface area contributed by atoms with Crippen molar-refractivity contribution >= 4 is 17.5 Å². The molecule has 6 heteroatoms. The molecular weight excluding hydrogens is 366 g/mol. The fraction of sp³-hybridized carbons (Fsp3) is 0.565. The number of imide groups is 1. The summed E-state index contributed by atoms with van der Waals surface area (Å²) < 4.78 is 5.77. The van der Waals surface area contributed by atoms with Crippen LogP contribution in [0.15, 0.2) is 36.4 Å². The monoisotopic (exact) mass is 397 g/mol. The van der Waals surface area contributed by atoms with Crippen LogP contribution in [0.3, 0.4) is 0 Å². The maximum atomic E-state index is 12.6. The molecule has 2 amide bonds. The fourth-order valence-electron chi connectivity index (χ4n) is 4.75. The number of rotatable bonds is 7. The summed E-state index contributed by atoms with van der Waals surface area (Å²) >= 11 is 0. The summed E-state index contributed by atoms with van der Waals surface area (Å²) in [7, 11) is 0. The van der Waals surface area contributed by atoms with E-state index >= 15 is 0 Å². The Hall–Kier alpha value is -2.34. The van der Waals surface area contributed by atoms with Gasteiger partial charge in [-0.05, 0) is 44.9 Å². The van der Waals surface area contributed by atoms with E-state index in [1.807, 2.05) is 31.2 Å². The molecule has 2 atom stereocenters. The summed E-state index contributed by atoms with van der Waals surface area (Å²) in [4.78, 5) is 31.4. The molecule has 0 radical (unpaired) electrons. The number of anilines is 1. The minimum atomic E-state index is -0.110. The number of hydrogen-bond acceptors (Lipinski definition) is 5. The first-order valence-corrected chi connectivity index (χ1v) is 10.9. The second-order valence-corrected chi connectivity index (χ2v) is 8.07. The zero-order valence-electron chi connectivity index (χ0n) is 17.3. The Labute approximate surface area is 173 Å². The smallest absolute Gasteiger partial charge is 0.233 e. The van der Waals surface area contributed by atoms with E-state index in [1.165, 1.54) is 10.6 Å². The predicted molar refractivity (Wildman–Crippen MR) is 113 cm³/mol. The van der Waals surface area contributed by atoms with Crippen molar-refractivity contribution in [3.8, 4) is 5.75 Å². The number of hydrogen-bond donors (Lipinski definition) is 0. The highest BCUT2D eigenvalue weighted by Crippen LogP contribution is 2.35. The summed E-state index contributed by atoms with van der Waals surface area (Å²) in [6, 6.07) is 8.22. The molecule has 3 aliphatic rings. The summed E-state index contributed by atoms with van der Waals surface area (Å²) in [5.74, 6) is 0.816. The third-order valence-corrected chi connectivity index (χ3v) is 6.33. The number of para-hydroxylation sites is 2. The Morgan fingerprint density at radius 3 is 2.24 bits per heavy atom. The number of fused-ring (bicyclic) bond motifs is 1. The normalized spacial score (nSPS) is 24.9. The van der Waals surface area contributed by atoms with Crippen molar-refractivity contribution in [1.29, 1.82) is 0 Å². The van der Waals surface area contributed by atoms with E-state index in [4.69, 9.17) is 4.74 Å². The number of ether oxygens (including phenoxy) is 1. The van der Waals surface area contributed by atoms with Gasteiger partial charge in [0.25, 0.3) is 0 Å². The molecule has 0 bridgehead atoms. The van der Waals surface area contributed by atoms with Crippen LogP contribution >= 0.6 is 0 Å². The zero-order chi connectivity index (χ0) is 20.2. The van der Waals surface area contributed by atoms with Crippen molar-refractivity contribution < 1.29 is 14.3 Å². The Kier molecular flexibility index (Phi) is 6.19. The lowest BCUT2D eigenvalue weighted by Gasteiger charge is -2.36. The third kappa shape index (κ3) is 4.17. The highest BCUT2D eigenvalue weighted by atomic mass is 16.5. The van der Waals surface area contributed by atoms with Gasteiger partial charge in [-0.3, -0.25) is 19.4 Å². The molecular formula is C23H31N3O3. The van der Waals surface area contributed by atoms with E-state index in [-0.39, 0.29) is 23.7 Å². The van der Waals surface area contributed by atoms with Crippen LogP contribution in [0.5, 0.6) is 5.75 Å². The lowest BCUT2D eigenvalue weighted by molar-refractivity contribution is -0.140. The highest BCUT2D eigenvalue weighted by molar-refractivity contribution is 6.05. The van der Waals surface area contributed by atoms with E-state index in [1.54, 1.807) is 0 Å². The first-order valence-electron chi connectivity index (χ1n) is 10.9. The van der Waals surface area contributed by atoms with Gasteiger partial charge in [-0.1, -0.05) is 24.3 Å². The molecule has 1 aromatic rings. The van der Waals surface area contributed by atoms with Gasteiger partial charge < -0.3 is 9.64 Å². The maximum absolute atomic E-state index is 12.6. The number of carbonyl (C=O) groups excluding carboxylic acids is 2. The molecule has 2 unspecified atom stereocenters. The van der Waals surface area contributed by atoms with E-state index < -0.39 is 0 Å². The SMILES string of the molecule is CCOc1ccccc1N1CCN(CCCN2C(=O)C3CC=CCC3C2=O)CC1. The zero-order valence-corrected chi connectivity index (χ0v) is 17.3. The first-order chi connectivity index (χ1) is 14.2. The maximum Gasteiger partial charge on any atom is 0.233 e. The van der Waals surface area contributed by atoms with E-state index in [0.717, 1.165) is 57.7 Å². The number of allylic oxidation sites excluding steroid dienone is 2. The van der Waals surface area contributed by atoms with Crippen molar-refractivity contribution in [3.05, 3.63) is 36.4 Å².